The van der Waals surface area contributed by atoms with E-state index in [1.807, 2.05) is 35.2 Å². The molecule has 0 aromatic carbocycles. The predicted molar refractivity (Wildman–Crippen MR) is 53.4 cm³/mol. The van der Waals surface area contributed by atoms with Gasteiger partial charge in [0.25, 0.3) is 0 Å². The zero-order chi connectivity index (χ0) is 10.4. The molecular weight excluding hydrogens is 198 g/mol. The van der Waals surface area contributed by atoms with Gasteiger partial charge in [0.05, 0.1) is 0 Å². The molecule has 0 bridgehead atoms. The first kappa shape index (κ1) is 11.3. The standard InChI is InChI=1S/C9H16NO3Si/c1-11-14(12-2,13-3)9-10-7-5-4-6-8-10/h4-8H,9H2,1-3H3/q+1. The monoisotopic (exact) mass is 214 g/mol. The second-order valence-electron chi connectivity index (χ2n) is 2.84. The first-order valence-electron chi connectivity index (χ1n) is 4.36. The lowest BCUT2D eigenvalue weighted by Gasteiger charge is -2.20. The van der Waals surface area contributed by atoms with Crippen molar-refractivity contribution in [3.05, 3.63) is 30.6 Å². The molecule has 78 valence electrons. The van der Waals surface area contributed by atoms with Gasteiger partial charge in [0, 0.05) is 33.5 Å². The summed E-state index contributed by atoms with van der Waals surface area (Å²) in [4.78, 5) is 0. The first-order valence-corrected chi connectivity index (χ1v) is 6.29. The van der Waals surface area contributed by atoms with E-state index < -0.39 is 8.80 Å². The fraction of sp³-hybridized carbons (Fsp3) is 0.444. The molecule has 0 unspecified atom stereocenters. The molecule has 1 heterocycles. The summed E-state index contributed by atoms with van der Waals surface area (Å²) in [6.07, 6.45) is 4.54. The molecule has 1 aromatic rings. The maximum Gasteiger partial charge on any atom is 0.569 e. The zero-order valence-corrected chi connectivity index (χ0v) is 9.77. The molecular formula is C9H16NO3Si+. The van der Waals surface area contributed by atoms with Crippen LogP contribution in [0.5, 0.6) is 0 Å². The molecule has 0 aliphatic rings. The third kappa shape index (κ3) is 2.62. The minimum absolute atomic E-state index is 0.622. The van der Waals surface area contributed by atoms with Crippen LogP contribution in [0, 0.1) is 0 Å². The molecule has 0 aliphatic carbocycles. The molecule has 5 heteroatoms. The number of hydrogen-bond donors (Lipinski definition) is 0. The second kappa shape index (κ2) is 5.21. The lowest BCUT2D eigenvalue weighted by atomic mass is 10.5. The Morgan fingerprint density at radius 3 is 1.86 bits per heavy atom. The van der Waals surface area contributed by atoms with Gasteiger partial charge in [-0.2, -0.15) is 0 Å². The summed E-state index contributed by atoms with van der Waals surface area (Å²) >= 11 is 0. The summed E-state index contributed by atoms with van der Waals surface area (Å²) < 4.78 is 17.9. The molecule has 0 fully saturated rings. The minimum atomic E-state index is -2.50. The number of rotatable bonds is 5. The Kier molecular flexibility index (Phi) is 4.21. The Balaban J connectivity index is 2.74. The second-order valence-corrected chi connectivity index (χ2v) is 5.75. The van der Waals surface area contributed by atoms with Crippen LogP contribution in [-0.2, 0) is 19.4 Å². The quantitative estimate of drug-likeness (QED) is 0.525. The van der Waals surface area contributed by atoms with Crippen LogP contribution in [0.25, 0.3) is 0 Å². The van der Waals surface area contributed by atoms with Gasteiger partial charge in [-0.05, 0) is 0 Å². The minimum Gasteiger partial charge on any atom is -0.373 e. The Labute approximate surface area is 85.4 Å². The lowest BCUT2D eigenvalue weighted by Crippen LogP contribution is -2.56. The number of nitrogens with zero attached hydrogens (tertiary/aromatic N) is 1. The van der Waals surface area contributed by atoms with Crippen molar-refractivity contribution in [1.82, 2.24) is 0 Å². The van der Waals surface area contributed by atoms with Gasteiger partial charge in [-0.15, -0.1) is 0 Å². The third-order valence-electron chi connectivity index (χ3n) is 2.09. The summed E-state index contributed by atoms with van der Waals surface area (Å²) in [6, 6.07) is 5.88. The summed E-state index contributed by atoms with van der Waals surface area (Å²) in [5.41, 5.74) is 0. The Bertz CT molecular complexity index is 256. The van der Waals surface area contributed by atoms with E-state index in [0.717, 1.165) is 0 Å². The molecule has 0 spiro atoms. The number of pyridine rings is 1. The van der Waals surface area contributed by atoms with Crippen LogP contribution >= 0.6 is 0 Å². The Hall–Kier alpha value is -0.753. The van der Waals surface area contributed by atoms with Crippen LogP contribution in [0.1, 0.15) is 0 Å². The van der Waals surface area contributed by atoms with Crippen LogP contribution in [0.2, 0.25) is 0 Å². The van der Waals surface area contributed by atoms with Gasteiger partial charge in [0.1, 0.15) is 0 Å². The van der Waals surface area contributed by atoms with Crippen molar-refractivity contribution in [2.24, 2.45) is 0 Å². The molecule has 0 atom stereocenters. The molecule has 0 radical (unpaired) electrons. The highest BCUT2D eigenvalue weighted by atomic mass is 28.4. The van der Waals surface area contributed by atoms with Crippen molar-refractivity contribution in [1.29, 1.82) is 0 Å². The normalized spacial score (nSPS) is 11.6. The van der Waals surface area contributed by atoms with Crippen molar-refractivity contribution in [3.63, 3.8) is 0 Å². The van der Waals surface area contributed by atoms with Crippen molar-refractivity contribution in [2.75, 3.05) is 21.3 Å². The van der Waals surface area contributed by atoms with Crippen LogP contribution in [0.15, 0.2) is 30.6 Å². The van der Waals surface area contributed by atoms with Crippen LogP contribution < -0.4 is 4.57 Å². The molecule has 0 aliphatic heterocycles. The molecule has 1 aromatic heterocycles. The molecule has 0 N–H and O–H groups in total. The van der Waals surface area contributed by atoms with E-state index >= 15 is 0 Å². The highest BCUT2D eigenvalue weighted by Crippen LogP contribution is 2.05. The maximum absolute atomic E-state index is 5.31. The predicted octanol–water partition coefficient (Wildman–Crippen LogP) is 0.391. The smallest absolute Gasteiger partial charge is 0.373 e. The molecule has 4 nitrogen and oxygen atoms in total. The van der Waals surface area contributed by atoms with Gasteiger partial charge in [0.2, 0.25) is 6.17 Å². The maximum atomic E-state index is 5.31. The number of hydrogen-bond acceptors (Lipinski definition) is 3. The van der Waals surface area contributed by atoms with Crippen molar-refractivity contribution >= 4 is 8.80 Å². The fourth-order valence-electron chi connectivity index (χ4n) is 1.21. The van der Waals surface area contributed by atoms with E-state index in [0.29, 0.717) is 6.17 Å². The third-order valence-corrected chi connectivity index (χ3v) is 4.71. The van der Waals surface area contributed by atoms with E-state index in [2.05, 4.69) is 0 Å². The Morgan fingerprint density at radius 1 is 0.929 bits per heavy atom. The van der Waals surface area contributed by atoms with Gasteiger partial charge in [0.15, 0.2) is 12.4 Å². The van der Waals surface area contributed by atoms with Crippen LogP contribution in [0.3, 0.4) is 0 Å². The molecule has 0 saturated heterocycles. The zero-order valence-electron chi connectivity index (χ0n) is 8.77. The van der Waals surface area contributed by atoms with Gasteiger partial charge in [-0.3, -0.25) is 0 Å². The van der Waals surface area contributed by atoms with E-state index in [1.54, 1.807) is 21.3 Å². The van der Waals surface area contributed by atoms with E-state index in [-0.39, 0.29) is 0 Å². The average Bonchev–Trinajstić information content (AvgIpc) is 2.28. The summed E-state index contributed by atoms with van der Waals surface area (Å²) in [5, 5.41) is 0. The molecule has 14 heavy (non-hydrogen) atoms. The number of aromatic nitrogens is 1. The van der Waals surface area contributed by atoms with Gasteiger partial charge in [-0.1, -0.05) is 6.07 Å². The lowest BCUT2D eigenvalue weighted by molar-refractivity contribution is -0.685. The highest BCUT2D eigenvalue weighted by molar-refractivity contribution is 6.58. The van der Waals surface area contributed by atoms with Crippen molar-refractivity contribution in [2.45, 2.75) is 6.17 Å². The topological polar surface area (TPSA) is 31.6 Å². The van der Waals surface area contributed by atoms with Crippen molar-refractivity contribution in [3.8, 4) is 0 Å². The molecule has 0 saturated carbocycles. The van der Waals surface area contributed by atoms with Crippen LogP contribution in [-0.4, -0.2) is 30.1 Å². The molecule has 1 rings (SSSR count). The van der Waals surface area contributed by atoms with E-state index in [4.69, 9.17) is 13.3 Å². The average molecular weight is 214 g/mol. The summed E-state index contributed by atoms with van der Waals surface area (Å²) in [7, 11) is 2.35. The van der Waals surface area contributed by atoms with E-state index in [9.17, 15) is 0 Å². The SMILES string of the molecule is CO[Si](C[n+]1ccccc1)(OC)OC. The van der Waals surface area contributed by atoms with Crippen LogP contribution in [0.4, 0.5) is 0 Å². The first-order chi connectivity index (χ1) is 6.76. The molecule has 0 amide bonds. The van der Waals surface area contributed by atoms with Gasteiger partial charge in [-0.25, -0.2) is 4.57 Å². The largest absolute Gasteiger partial charge is 0.569 e. The van der Waals surface area contributed by atoms with Crippen molar-refractivity contribution < 1.29 is 17.8 Å². The van der Waals surface area contributed by atoms with Gasteiger partial charge >= 0.3 is 8.80 Å². The van der Waals surface area contributed by atoms with E-state index in [1.165, 1.54) is 0 Å². The summed E-state index contributed by atoms with van der Waals surface area (Å²) in [6.45, 7) is 0. The Morgan fingerprint density at radius 2 is 1.43 bits per heavy atom. The highest BCUT2D eigenvalue weighted by Gasteiger charge is 2.43. The van der Waals surface area contributed by atoms with Gasteiger partial charge < -0.3 is 13.3 Å². The fourth-order valence-corrected chi connectivity index (χ4v) is 2.75. The summed E-state index contributed by atoms with van der Waals surface area (Å²) in [5.74, 6) is 0.